The number of urea groups is 1. The van der Waals surface area contributed by atoms with Gasteiger partial charge in [0.25, 0.3) is 5.91 Å². The standard InChI is InChI=1S/C20H28N4O4/c1-13(2)20(5,12-21)24-17(25)11-28-18(26)16-8-6-15(7-9-16)10-22-19(27)23-14(3)4/h6-9,13-14H,10-11H2,1-5H3,(H,24,25)(H2,22,23,27). The Morgan fingerprint density at radius 3 is 2.25 bits per heavy atom. The first kappa shape index (κ1) is 23.0. The fourth-order valence-electron chi connectivity index (χ4n) is 2.10. The number of benzene rings is 1. The summed E-state index contributed by atoms with van der Waals surface area (Å²) in [6.07, 6.45) is 0. The average Bonchev–Trinajstić information content (AvgIpc) is 2.64. The molecule has 0 spiro atoms. The van der Waals surface area contributed by atoms with E-state index in [1.807, 2.05) is 27.7 Å². The van der Waals surface area contributed by atoms with Crippen molar-refractivity contribution in [1.82, 2.24) is 16.0 Å². The third-order valence-electron chi connectivity index (χ3n) is 4.18. The first-order valence-corrected chi connectivity index (χ1v) is 9.10. The van der Waals surface area contributed by atoms with E-state index in [4.69, 9.17) is 4.74 Å². The summed E-state index contributed by atoms with van der Waals surface area (Å²) in [5, 5.41) is 17.2. The molecule has 0 bridgehead atoms. The molecule has 8 heteroatoms. The van der Waals surface area contributed by atoms with Crippen LogP contribution in [0, 0.1) is 17.2 Å². The summed E-state index contributed by atoms with van der Waals surface area (Å²) in [7, 11) is 0. The molecule has 0 radical (unpaired) electrons. The van der Waals surface area contributed by atoms with Gasteiger partial charge in [0, 0.05) is 12.6 Å². The van der Waals surface area contributed by atoms with Gasteiger partial charge in [-0.05, 0) is 44.4 Å². The number of carbonyl (C=O) groups is 3. The molecule has 0 aliphatic heterocycles. The van der Waals surface area contributed by atoms with Gasteiger partial charge in [-0.15, -0.1) is 0 Å². The number of ether oxygens (including phenoxy) is 1. The molecule has 0 aliphatic carbocycles. The van der Waals surface area contributed by atoms with Crippen molar-refractivity contribution in [2.75, 3.05) is 6.61 Å². The molecule has 1 atom stereocenters. The van der Waals surface area contributed by atoms with Crippen molar-refractivity contribution >= 4 is 17.9 Å². The Bertz CT molecular complexity index is 738. The molecule has 1 rings (SSSR count). The SMILES string of the molecule is CC(C)NC(=O)NCc1ccc(C(=O)OCC(=O)NC(C)(C#N)C(C)C)cc1. The largest absolute Gasteiger partial charge is 0.452 e. The van der Waals surface area contributed by atoms with Crippen LogP contribution in [0.1, 0.15) is 50.5 Å². The number of hydrogen-bond donors (Lipinski definition) is 3. The number of hydrogen-bond acceptors (Lipinski definition) is 5. The lowest BCUT2D eigenvalue weighted by molar-refractivity contribution is -0.125. The van der Waals surface area contributed by atoms with Crippen molar-refractivity contribution in [3.8, 4) is 6.07 Å². The van der Waals surface area contributed by atoms with Crippen molar-refractivity contribution in [2.24, 2.45) is 5.92 Å². The van der Waals surface area contributed by atoms with Crippen LogP contribution in [-0.2, 0) is 16.1 Å². The van der Waals surface area contributed by atoms with Crippen LogP contribution in [0.15, 0.2) is 24.3 Å². The number of rotatable bonds is 8. The quantitative estimate of drug-likeness (QED) is 0.589. The lowest BCUT2D eigenvalue weighted by Gasteiger charge is -2.27. The van der Waals surface area contributed by atoms with Crippen molar-refractivity contribution in [1.29, 1.82) is 5.26 Å². The molecule has 3 amide bonds. The minimum atomic E-state index is -1.03. The van der Waals surface area contributed by atoms with Crippen LogP contribution < -0.4 is 16.0 Å². The van der Waals surface area contributed by atoms with Crippen LogP contribution in [0.25, 0.3) is 0 Å². The molecule has 3 N–H and O–H groups in total. The topological polar surface area (TPSA) is 120 Å². The second-order valence-electron chi connectivity index (χ2n) is 7.27. The molecule has 0 heterocycles. The molecular weight excluding hydrogens is 360 g/mol. The van der Waals surface area contributed by atoms with Crippen molar-refractivity contribution < 1.29 is 19.1 Å². The summed E-state index contributed by atoms with van der Waals surface area (Å²) in [6, 6.07) is 8.34. The van der Waals surface area contributed by atoms with Crippen molar-refractivity contribution in [2.45, 2.75) is 52.7 Å². The predicted molar refractivity (Wildman–Crippen MR) is 104 cm³/mol. The molecule has 1 unspecified atom stereocenters. The predicted octanol–water partition coefficient (Wildman–Crippen LogP) is 2.11. The molecule has 0 fully saturated rings. The number of nitrogens with one attached hydrogen (secondary N) is 3. The Morgan fingerprint density at radius 1 is 1.14 bits per heavy atom. The molecule has 0 aliphatic rings. The minimum absolute atomic E-state index is 0.0425. The van der Waals surface area contributed by atoms with Gasteiger partial charge in [-0.2, -0.15) is 5.26 Å². The van der Waals surface area contributed by atoms with Crippen LogP contribution in [0.5, 0.6) is 0 Å². The Kier molecular flexibility index (Phi) is 8.45. The zero-order chi connectivity index (χ0) is 21.3. The fraction of sp³-hybridized carbons (Fsp3) is 0.500. The van der Waals surface area contributed by atoms with Crippen molar-refractivity contribution in [3.05, 3.63) is 35.4 Å². The Morgan fingerprint density at radius 2 is 1.75 bits per heavy atom. The summed E-state index contributed by atoms with van der Waals surface area (Å²) in [5.74, 6) is -1.28. The number of esters is 1. The van der Waals surface area contributed by atoms with E-state index >= 15 is 0 Å². The summed E-state index contributed by atoms with van der Waals surface area (Å²) >= 11 is 0. The van der Waals surface area contributed by atoms with E-state index in [-0.39, 0.29) is 23.6 Å². The summed E-state index contributed by atoms with van der Waals surface area (Å²) < 4.78 is 5.00. The van der Waals surface area contributed by atoms with E-state index in [9.17, 15) is 19.6 Å². The number of carbonyl (C=O) groups excluding carboxylic acids is 3. The molecule has 1 aromatic carbocycles. The van der Waals surface area contributed by atoms with Crippen molar-refractivity contribution in [3.63, 3.8) is 0 Å². The van der Waals surface area contributed by atoms with Gasteiger partial charge < -0.3 is 20.7 Å². The van der Waals surface area contributed by atoms with E-state index in [1.165, 1.54) is 0 Å². The first-order chi connectivity index (χ1) is 13.1. The molecule has 8 nitrogen and oxygen atoms in total. The Hall–Kier alpha value is -3.08. The molecule has 28 heavy (non-hydrogen) atoms. The van der Waals surface area contributed by atoms with Crippen LogP contribution in [0.2, 0.25) is 0 Å². The van der Waals surface area contributed by atoms with Gasteiger partial charge in [0.05, 0.1) is 11.6 Å². The van der Waals surface area contributed by atoms with E-state index < -0.39 is 24.0 Å². The monoisotopic (exact) mass is 388 g/mol. The molecule has 1 aromatic rings. The van der Waals surface area contributed by atoms with Gasteiger partial charge in [0.15, 0.2) is 6.61 Å². The van der Waals surface area contributed by atoms with Gasteiger partial charge in [-0.1, -0.05) is 26.0 Å². The molecular formula is C20H28N4O4. The van der Waals surface area contributed by atoms with Gasteiger partial charge >= 0.3 is 12.0 Å². The smallest absolute Gasteiger partial charge is 0.338 e. The van der Waals surface area contributed by atoms with Crippen LogP contribution in [-0.4, -0.2) is 36.1 Å². The lowest BCUT2D eigenvalue weighted by atomic mass is 9.90. The van der Waals surface area contributed by atoms with Gasteiger partial charge in [0.2, 0.25) is 0 Å². The number of nitriles is 1. The maximum absolute atomic E-state index is 12.1. The first-order valence-electron chi connectivity index (χ1n) is 9.10. The highest BCUT2D eigenvalue weighted by atomic mass is 16.5. The molecule has 152 valence electrons. The summed E-state index contributed by atoms with van der Waals surface area (Å²) in [5.41, 5.74) is 0.0741. The van der Waals surface area contributed by atoms with E-state index in [2.05, 4.69) is 22.0 Å². The third kappa shape index (κ3) is 7.27. The van der Waals surface area contributed by atoms with Gasteiger partial charge in [-0.25, -0.2) is 9.59 Å². The Labute approximate surface area is 165 Å². The number of nitrogens with zero attached hydrogens (tertiary/aromatic N) is 1. The zero-order valence-electron chi connectivity index (χ0n) is 17.0. The highest BCUT2D eigenvalue weighted by molar-refractivity contribution is 5.91. The highest BCUT2D eigenvalue weighted by Crippen LogP contribution is 2.15. The van der Waals surface area contributed by atoms with E-state index in [0.29, 0.717) is 6.54 Å². The maximum atomic E-state index is 12.1. The van der Waals surface area contributed by atoms with Crippen LogP contribution in [0.4, 0.5) is 4.79 Å². The Balaban J connectivity index is 2.52. The molecule has 0 aromatic heterocycles. The van der Waals surface area contributed by atoms with Gasteiger partial charge in [0.1, 0.15) is 5.54 Å². The summed E-state index contributed by atoms with van der Waals surface area (Å²) in [4.78, 5) is 35.6. The highest BCUT2D eigenvalue weighted by Gasteiger charge is 2.30. The molecule has 0 saturated heterocycles. The van der Waals surface area contributed by atoms with Gasteiger partial charge in [-0.3, -0.25) is 4.79 Å². The second-order valence-corrected chi connectivity index (χ2v) is 7.27. The number of amides is 3. The summed E-state index contributed by atoms with van der Waals surface area (Å²) in [6.45, 7) is 8.83. The van der Waals surface area contributed by atoms with E-state index in [0.717, 1.165) is 5.56 Å². The fourth-order valence-corrected chi connectivity index (χ4v) is 2.10. The zero-order valence-corrected chi connectivity index (χ0v) is 17.0. The van der Waals surface area contributed by atoms with Crippen LogP contribution >= 0.6 is 0 Å². The molecule has 0 saturated carbocycles. The lowest BCUT2D eigenvalue weighted by Crippen LogP contribution is -2.50. The second kappa shape index (κ2) is 10.3. The van der Waals surface area contributed by atoms with E-state index in [1.54, 1.807) is 31.2 Å². The third-order valence-corrected chi connectivity index (χ3v) is 4.18. The minimum Gasteiger partial charge on any atom is -0.452 e. The average molecular weight is 388 g/mol. The van der Waals surface area contributed by atoms with Crippen LogP contribution in [0.3, 0.4) is 0 Å². The normalized spacial score (nSPS) is 12.6. The maximum Gasteiger partial charge on any atom is 0.338 e.